The summed E-state index contributed by atoms with van der Waals surface area (Å²) in [5, 5.41) is 7.42. The maximum absolute atomic E-state index is 11.1. The molecule has 0 spiro atoms. The Kier molecular flexibility index (Phi) is 1.26. The maximum atomic E-state index is 11.1. The Hall–Kier alpha value is -1.22. The third-order valence-corrected chi connectivity index (χ3v) is 1.75. The van der Waals surface area contributed by atoms with Gasteiger partial charge in [-0.15, -0.1) is 5.10 Å². The molecule has 0 aliphatic carbocycles. The fourth-order valence-corrected chi connectivity index (χ4v) is 1.20. The topological polar surface area (TPSA) is 63.6 Å². The summed E-state index contributed by atoms with van der Waals surface area (Å²) in [7, 11) is 2.29. The summed E-state index contributed by atoms with van der Waals surface area (Å²) in [6, 6.07) is 1.70. The molecule has 5 nitrogen and oxygen atoms in total. The Labute approximate surface area is 63.7 Å². The van der Waals surface area contributed by atoms with Gasteiger partial charge in [0.15, 0.2) is 5.52 Å². The highest BCUT2D eigenvalue weighted by atomic mass is 31.0. The van der Waals surface area contributed by atoms with Crippen LogP contribution in [0.25, 0.3) is 11.0 Å². The van der Waals surface area contributed by atoms with Crippen LogP contribution in [0.15, 0.2) is 17.1 Å². The van der Waals surface area contributed by atoms with E-state index in [2.05, 4.69) is 24.7 Å². The van der Waals surface area contributed by atoms with E-state index in [1.807, 2.05) is 0 Å². The van der Waals surface area contributed by atoms with Crippen LogP contribution in [0.1, 0.15) is 0 Å². The van der Waals surface area contributed by atoms with Gasteiger partial charge in [0.2, 0.25) is 0 Å². The van der Waals surface area contributed by atoms with E-state index in [1.54, 1.807) is 12.3 Å². The minimum Gasteiger partial charge on any atom is -0.327 e. The van der Waals surface area contributed by atoms with Gasteiger partial charge in [0, 0.05) is 6.20 Å². The molecule has 0 saturated carbocycles. The molecular weight excluding hydrogens is 163 g/mol. The first-order chi connectivity index (χ1) is 5.29. The van der Waals surface area contributed by atoms with Crippen LogP contribution in [0, 0.1) is 0 Å². The normalized spacial score (nSPS) is 10.6. The van der Waals surface area contributed by atoms with E-state index in [0.29, 0.717) is 11.0 Å². The van der Waals surface area contributed by atoms with Crippen LogP contribution in [0.3, 0.4) is 0 Å². The number of rotatable bonds is 0. The van der Waals surface area contributed by atoms with Gasteiger partial charge in [-0.25, -0.2) is 4.45 Å². The fourth-order valence-electron chi connectivity index (χ4n) is 0.903. The van der Waals surface area contributed by atoms with E-state index < -0.39 is 0 Å². The second kappa shape index (κ2) is 2.13. The molecule has 1 N–H and O–H groups in total. The zero-order valence-electron chi connectivity index (χ0n) is 5.48. The van der Waals surface area contributed by atoms with Crippen molar-refractivity contribution in [3.05, 3.63) is 22.6 Å². The summed E-state index contributed by atoms with van der Waals surface area (Å²) >= 11 is 0. The molecule has 11 heavy (non-hydrogen) atoms. The predicted molar refractivity (Wildman–Crippen MR) is 43.3 cm³/mol. The average molecular weight is 168 g/mol. The van der Waals surface area contributed by atoms with Crippen molar-refractivity contribution in [3.8, 4) is 0 Å². The van der Waals surface area contributed by atoms with Gasteiger partial charge < -0.3 is 4.98 Å². The summed E-state index contributed by atoms with van der Waals surface area (Å²) in [5.41, 5.74) is 0.892. The minimum absolute atomic E-state index is 0.178. The number of hydrogen-bond acceptors (Lipinski definition) is 3. The second-order valence-electron chi connectivity index (χ2n) is 2.07. The van der Waals surface area contributed by atoms with Crippen molar-refractivity contribution < 1.29 is 0 Å². The van der Waals surface area contributed by atoms with Crippen LogP contribution in [-0.4, -0.2) is 19.7 Å². The van der Waals surface area contributed by atoms with Crippen LogP contribution < -0.4 is 5.56 Å². The molecule has 0 amide bonds. The third-order valence-electron chi connectivity index (χ3n) is 1.39. The number of hydrogen-bond donors (Lipinski definition) is 1. The lowest BCUT2D eigenvalue weighted by Gasteiger charge is -1.87. The summed E-state index contributed by atoms with van der Waals surface area (Å²) in [4.78, 5) is 13.6. The lowest BCUT2D eigenvalue weighted by molar-refractivity contribution is 0.909. The molecule has 0 aliphatic heterocycles. The smallest absolute Gasteiger partial charge is 0.276 e. The van der Waals surface area contributed by atoms with Crippen molar-refractivity contribution in [2.45, 2.75) is 0 Å². The quantitative estimate of drug-likeness (QED) is 0.552. The first-order valence-electron chi connectivity index (χ1n) is 2.97. The van der Waals surface area contributed by atoms with E-state index in [-0.39, 0.29) is 5.56 Å². The number of fused-ring (bicyclic) bond motifs is 1. The van der Waals surface area contributed by atoms with E-state index >= 15 is 0 Å². The summed E-state index contributed by atoms with van der Waals surface area (Å²) in [6.45, 7) is 0. The average Bonchev–Trinajstić information content (AvgIpc) is 2.34. The van der Waals surface area contributed by atoms with Gasteiger partial charge in [0.25, 0.3) is 5.56 Å². The molecular formula is C5H5N4OP. The Bertz CT molecular complexity index is 445. The molecule has 2 heterocycles. The number of nitrogens with one attached hydrogen (secondary N) is 1. The number of nitrogens with zero attached hydrogens (tertiary/aromatic N) is 3. The van der Waals surface area contributed by atoms with Gasteiger partial charge in [-0.2, -0.15) is 0 Å². The van der Waals surface area contributed by atoms with Crippen LogP contribution in [0.5, 0.6) is 0 Å². The van der Waals surface area contributed by atoms with Crippen LogP contribution in [0.4, 0.5) is 0 Å². The highest BCUT2D eigenvalue weighted by Crippen LogP contribution is 2.05. The van der Waals surface area contributed by atoms with E-state index in [4.69, 9.17) is 0 Å². The first kappa shape index (κ1) is 6.49. The molecule has 0 saturated heterocycles. The molecule has 2 aromatic rings. The minimum atomic E-state index is -0.178. The lowest BCUT2D eigenvalue weighted by Crippen LogP contribution is -2.06. The second-order valence-corrected chi connectivity index (χ2v) is 2.56. The van der Waals surface area contributed by atoms with Gasteiger partial charge in [0.05, 0.1) is 0 Å². The fraction of sp³-hybridized carbons (Fsp3) is 0. The van der Waals surface area contributed by atoms with E-state index in [1.165, 1.54) is 4.45 Å². The zero-order chi connectivity index (χ0) is 7.84. The van der Waals surface area contributed by atoms with Crippen molar-refractivity contribution in [3.63, 3.8) is 0 Å². The molecule has 1 atom stereocenters. The number of aromatic amines is 1. The zero-order valence-corrected chi connectivity index (χ0v) is 6.64. The van der Waals surface area contributed by atoms with Gasteiger partial charge in [-0.1, -0.05) is 5.21 Å². The molecule has 1 unspecified atom stereocenters. The monoisotopic (exact) mass is 168 g/mol. The largest absolute Gasteiger partial charge is 0.327 e. The predicted octanol–water partition coefficient (Wildman–Crippen LogP) is -0.242. The Morgan fingerprint density at radius 3 is 3.18 bits per heavy atom. The SMILES string of the molecule is O=c1[nH]ccc2nnn(P)c12. The molecule has 0 aliphatic rings. The molecule has 0 aromatic carbocycles. The van der Waals surface area contributed by atoms with Crippen molar-refractivity contribution >= 4 is 20.4 Å². The van der Waals surface area contributed by atoms with Gasteiger partial charge in [-0.05, 0) is 15.5 Å². The number of pyridine rings is 1. The summed E-state index contributed by atoms with van der Waals surface area (Å²) < 4.78 is 1.37. The van der Waals surface area contributed by atoms with Crippen molar-refractivity contribution in [1.29, 1.82) is 0 Å². The van der Waals surface area contributed by atoms with Gasteiger partial charge in [-0.3, -0.25) is 4.79 Å². The third kappa shape index (κ3) is 0.851. The summed E-state index contributed by atoms with van der Waals surface area (Å²) in [5.74, 6) is 0. The van der Waals surface area contributed by atoms with Crippen molar-refractivity contribution in [2.24, 2.45) is 0 Å². The highest BCUT2D eigenvalue weighted by Gasteiger charge is 2.02. The molecule has 0 fully saturated rings. The lowest BCUT2D eigenvalue weighted by atomic mass is 10.4. The number of aromatic nitrogens is 4. The van der Waals surface area contributed by atoms with Crippen LogP contribution in [-0.2, 0) is 0 Å². The van der Waals surface area contributed by atoms with E-state index in [0.717, 1.165) is 0 Å². The molecule has 56 valence electrons. The molecule has 6 heteroatoms. The highest BCUT2D eigenvalue weighted by molar-refractivity contribution is 7.14. The Morgan fingerprint density at radius 2 is 2.45 bits per heavy atom. The molecule has 2 rings (SSSR count). The number of H-pyrrole nitrogens is 1. The van der Waals surface area contributed by atoms with Crippen LogP contribution in [0.2, 0.25) is 0 Å². The summed E-state index contributed by atoms with van der Waals surface area (Å²) in [6.07, 6.45) is 1.55. The van der Waals surface area contributed by atoms with Gasteiger partial charge in [0.1, 0.15) is 5.52 Å². The van der Waals surface area contributed by atoms with Gasteiger partial charge >= 0.3 is 0 Å². The molecule has 2 aromatic heterocycles. The van der Waals surface area contributed by atoms with Crippen molar-refractivity contribution in [1.82, 2.24) is 19.7 Å². The molecule has 0 radical (unpaired) electrons. The first-order valence-corrected chi connectivity index (χ1v) is 3.49. The van der Waals surface area contributed by atoms with Crippen LogP contribution >= 0.6 is 9.39 Å². The Morgan fingerprint density at radius 1 is 1.64 bits per heavy atom. The standard InChI is InChI=1S/C5H5N4OP/c10-5-4-3(1-2-6-5)7-8-9(4)11/h1-2H,11H2,(H,6,10). The Balaban J connectivity index is 3.08. The maximum Gasteiger partial charge on any atom is 0.276 e. The molecule has 0 bridgehead atoms. The van der Waals surface area contributed by atoms with Crippen molar-refractivity contribution in [2.75, 3.05) is 0 Å². The van der Waals surface area contributed by atoms with E-state index in [9.17, 15) is 4.79 Å².